The van der Waals surface area contributed by atoms with Crippen LogP contribution in [0, 0.1) is 0 Å². The SMILES string of the molecule is NC(=S)c1ccc(Cl)cc1OCc1c(Cl)cccc1Cl. The fourth-order valence-corrected chi connectivity index (χ4v) is 2.48. The average Bonchev–Trinajstić information content (AvgIpc) is 2.37. The van der Waals surface area contributed by atoms with Gasteiger partial charge in [-0.1, -0.05) is 53.1 Å². The fraction of sp³-hybridized carbons (Fsp3) is 0.0714. The molecule has 0 saturated carbocycles. The molecule has 0 heterocycles. The molecular formula is C14H10Cl3NOS. The van der Waals surface area contributed by atoms with Gasteiger partial charge in [0.25, 0.3) is 0 Å². The van der Waals surface area contributed by atoms with E-state index in [1.165, 1.54) is 0 Å². The van der Waals surface area contributed by atoms with Gasteiger partial charge in [-0.15, -0.1) is 0 Å². The molecule has 0 aromatic heterocycles. The third-order valence-corrected chi connectivity index (χ3v) is 3.81. The average molecular weight is 347 g/mol. The lowest BCUT2D eigenvalue weighted by molar-refractivity contribution is 0.306. The monoisotopic (exact) mass is 345 g/mol. The Bertz CT molecular complexity index is 641. The molecule has 6 heteroatoms. The van der Waals surface area contributed by atoms with E-state index in [4.69, 9.17) is 57.5 Å². The summed E-state index contributed by atoms with van der Waals surface area (Å²) in [5.74, 6) is 0.501. The molecule has 2 aromatic rings. The van der Waals surface area contributed by atoms with Gasteiger partial charge >= 0.3 is 0 Å². The maximum absolute atomic E-state index is 6.09. The second kappa shape index (κ2) is 6.64. The Labute approximate surface area is 137 Å². The van der Waals surface area contributed by atoms with E-state index in [-0.39, 0.29) is 11.6 Å². The lowest BCUT2D eigenvalue weighted by Gasteiger charge is -2.13. The van der Waals surface area contributed by atoms with Crippen LogP contribution >= 0.6 is 47.0 Å². The number of benzene rings is 2. The molecule has 0 aliphatic heterocycles. The summed E-state index contributed by atoms with van der Waals surface area (Å²) in [6.45, 7) is 0.203. The molecule has 0 fully saturated rings. The van der Waals surface area contributed by atoms with E-state index in [2.05, 4.69) is 0 Å². The van der Waals surface area contributed by atoms with E-state index < -0.39 is 0 Å². The predicted molar refractivity (Wildman–Crippen MR) is 88.1 cm³/mol. The number of hydrogen-bond acceptors (Lipinski definition) is 2. The van der Waals surface area contributed by atoms with E-state index in [0.717, 1.165) is 0 Å². The standard InChI is InChI=1S/C14H10Cl3NOS/c15-8-4-5-9(14(18)20)13(6-8)19-7-10-11(16)2-1-3-12(10)17/h1-6H,7H2,(H2,18,20). The minimum absolute atomic E-state index is 0.203. The summed E-state index contributed by atoms with van der Waals surface area (Å²) in [4.78, 5) is 0.238. The van der Waals surface area contributed by atoms with Crippen molar-refractivity contribution in [1.29, 1.82) is 0 Å². The van der Waals surface area contributed by atoms with Gasteiger partial charge in [0.2, 0.25) is 0 Å². The van der Waals surface area contributed by atoms with Gasteiger partial charge in [0, 0.05) is 20.6 Å². The minimum Gasteiger partial charge on any atom is -0.488 e. The third-order valence-electron chi connectivity index (χ3n) is 2.64. The van der Waals surface area contributed by atoms with E-state index in [1.54, 1.807) is 36.4 Å². The van der Waals surface area contributed by atoms with Crippen LogP contribution in [0.1, 0.15) is 11.1 Å². The molecule has 0 aliphatic carbocycles. The maximum atomic E-state index is 6.09. The Balaban J connectivity index is 2.27. The second-order valence-electron chi connectivity index (χ2n) is 3.99. The number of rotatable bonds is 4. The van der Waals surface area contributed by atoms with Crippen molar-refractivity contribution in [2.45, 2.75) is 6.61 Å². The highest BCUT2D eigenvalue weighted by Crippen LogP contribution is 2.28. The lowest BCUT2D eigenvalue weighted by Crippen LogP contribution is -2.11. The van der Waals surface area contributed by atoms with E-state index in [0.29, 0.717) is 31.9 Å². The Morgan fingerprint density at radius 1 is 1.10 bits per heavy atom. The largest absolute Gasteiger partial charge is 0.488 e. The van der Waals surface area contributed by atoms with Crippen LogP contribution in [0.15, 0.2) is 36.4 Å². The van der Waals surface area contributed by atoms with Crippen molar-refractivity contribution >= 4 is 52.0 Å². The van der Waals surface area contributed by atoms with Crippen molar-refractivity contribution in [3.05, 3.63) is 62.6 Å². The van der Waals surface area contributed by atoms with Gasteiger partial charge < -0.3 is 10.5 Å². The number of thiocarbonyl (C=S) groups is 1. The van der Waals surface area contributed by atoms with E-state index in [9.17, 15) is 0 Å². The molecule has 0 saturated heterocycles. The summed E-state index contributed by atoms with van der Waals surface area (Å²) in [5.41, 5.74) is 6.97. The maximum Gasteiger partial charge on any atom is 0.131 e. The Kier molecular flexibility index (Phi) is 5.11. The van der Waals surface area contributed by atoms with Gasteiger partial charge in [0.1, 0.15) is 17.3 Å². The van der Waals surface area contributed by atoms with Gasteiger partial charge in [0.15, 0.2) is 0 Å². The summed E-state index contributed by atoms with van der Waals surface area (Å²) in [6.07, 6.45) is 0. The normalized spacial score (nSPS) is 10.3. The van der Waals surface area contributed by atoms with Gasteiger partial charge in [0.05, 0.1) is 5.56 Å². The minimum atomic E-state index is 0.203. The van der Waals surface area contributed by atoms with Crippen LogP contribution in [0.5, 0.6) is 5.75 Å². The third kappa shape index (κ3) is 3.55. The fourth-order valence-electron chi connectivity index (χ4n) is 1.64. The highest BCUT2D eigenvalue weighted by Gasteiger charge is 2.10. The topological polar surface area (TPSA) is 35.2 Å². The van der Waals surface area contributed by atoms with Crippen LogP contribution in [-0.2, 0) is 6.61 Å². The van der Waals surface area contributed by atoms with Crippen LogP contribution in [-0.4, -0.2) is 4.99 Å². The van der Waals surface area contributed by atoms with Crippen LogP contribution in [0.4, 0.5) is 0 Å². The molecule has 104 valence electrons. The van der Waals surface area contributed by atoms with E-state index >= 15 is 0 Å². The molecule has 2 N–H and O–H groups in total. The molecule has 0 spiro atoms. The number of nitrogens with two attached hydrogens (primary N) is 1. The first kappa shape index (κ1) is 15.4. The van der Waals surface area contributed by atoms with Crippen molar-refractivity contribution in [2.24, 2.45) is 5.73 Å². The summed E-state index contributed by atoms with van der Waals surface area (Å²) in [6, 6.07) is 10.3. The zero-order chi connectivity index (χ0) is 14.7. The first-order valence-electron chi connectivity index (χ1n) is 5.64. The molecule has 0 bridgehead atoms. The second-order valence-corrected chi connectivity index (χ2v) is 5.68. The van der Waals surface area contributed by atoms with Crippen LogP contribution in [0.3, 0.4) is 0 Å². The summed E-state index contributed by atoms with van der Waals surface area (Å²) < 4.78 is 5.71. The first-order chi connectivity index (χ1) is 9.49. The highest BCUT2D eigenvalue weighted by atomic mass is 35.5. The molecule has 0 radical (unpaired) electrons. The molecule has 2 rings (SSSR count). The van der Waals surface area contributed by atoms with E-state index in [1.807, 2.05) is 0 Å². The van der Waals surface area contributed by atoms with Crippen molar-refractivity contribution < 1.29 is 4.74 Å². The van der Waals surface area contributed by atoms with Crippen LogP contribution in [0.2, 0.25) is 15.1 Å². The Morgan fingerprint density at radius 3 is 2.35 bits per heavy atom. The quantitative estimate of drug-likeness (QED) is 0.803. The van der Waals surface area contributed by atoms with Gasteiger partial charge in [-0.2, -0.15) is 0 Å². The molecule has 2 nitrogen and oxygen atoms in total. The highest BCUT2D eigenvalue weighted by molar-refractivity contribution is 7.80. The van der Waals surface area contributed by atoms with Gasteiger partial charge in [-0.05, 0) is 30.3 Å². The zero-order valence-electron chi connectivity index (χ0n) is 10.2. The Morgan fingerprint density at radius 2 is 1.75 bits per heavy atom. The first-order valence-corrected chi connectivity index (χ1v) is 7.18. The summed E-state index contributed by atoms with van der Waals surface area (Å²) >= 11 is 23.1. The molecule has 0 atom stereocenters. The summed E-state index contributed by atoms with van der Waals surface area (Å²) in [5, 5.41) is 1.61. The molecule has 2 aromatic carbocycles. The van der Waals surface area contributed by atoms with Crippen molar-refractivity contribution in [1.82, 2.24) is 0 Å². The van der Waals surface area contributed by atoms with Gasteiger partial charge in [-0.3, -0.25) is 0 Å². The Hall–Kier alpha value is -1.00. The lowest BCUT2D eigenvalue weighted by atomic mass is 10.2. The molecule has 0 amide bonds. The molecule has 20 heavy (non-hydrogen) atoms. The molecule has 0 unspecified atom stereocenters. The van der Waals surface area contributed by atoms with Gasteiger partial charge in [-0.25, -0.2) is 0 Å². The number of hydrogen-bond donors (Lipinski definition) is 1. The molecule has 0 aliphatic rings. The van der Waals surface area contributed by atoms with Crippen molar-refractivity contribution in [2.75, 3.05) is 0 Å². The van der Waals surface area contributed by atoms with Crippen molar-refractivity contribution in [3.63, 3.8) is 0 Å². The smallest absolute Gasteiger partial charge is 0.131 e. The summed E-state index contributed by atoms with van der Waals surface area (Å²) in [7, 11) is 0. The van der Waals surface area contributed by atoms with Crippen LogP contribution in [0.25, 0.3) is 0 Å². The molecular weight excluding hydrogens is 337 g/mol. The number of halogens is 3. The zero-order valence-corrected chi connectivity index (χ0v) is 13.3. The number of ether oxygens (including phenoxy) is 1. The van der Waals surface area contributed by atoms with Crippen LogP contribution < -0.4 is 10.5 Å². The predicted octanol–water partition coefficient (Wildman–Crippen LogP) is 4.86. The van der Waals surface area contributed by atoms with Crippen molar-refractivity contribution in [3.8, 4) is 5.75 Å².